The van der Waals surface area contributed by atoms with Gasteiger partial charge in [-0.3, -0.25) is 4.79 Å². The van der Waals surface area contributed by atoms with Crippen LogP contribution in [-0.4, -0.2) is 43.3 Å². The zero-order valence-electron chi connectivity index (χ0n) is 18.5. The van der Waals surface area contributed by atoms with Crippen molar-refractivity contribution < 1.29 is 23.1 Å². The van der Waals surface area contributed by atoms with Crippen molar-refractivity contribution >= 4 is 34.7 Å². The van der Waals surface area contributed by atoms with Crippen molar-refractivity contribution in [3.8, 4) is 0 Å². The van der Waals surface area contributed by atoms with Gasteiger partial charge in [0.05, 0.1) is 29.7 Å². The fourth-order valence-electron chi connectivity index (χ4n) is 3.49. The number of aromatic nitrogens is 4. The van der Waals surface area contributed by atoms with E-state index in [2.05, 4.69) is 28.8 Å². The summed E-state index contributed by atoms with van der Waals surface area (Å²) in [6, 6.07) is 3.77. The van der Waals surface area contributed by atoms with E-state index in [-0.39, 0.29) is 19.1 Å². The Morgan fingerprint density at radius 2 is 1.94 bits per heavy atom. The van der Waals surface area contributed by atoms with Crippen molar-refractivity contribution in [1.82, 2.24) is 19.5 Å². The van der Waals surface area contributed by atoms with Gasteiger partial charge in [-0.1, -0.05) is 20.3 Å². The van der Waals surface area contributed by atoms with Crippen molar-refractivity contribution in [3.63, 3.8) is 0 Å². The largest absolute Gasteiger partial charge is 0.434 e. The minimum absolute atomic E-state index is 0.110. The predicted molar refractivity (Wildman–Crippen MR) is 120 cm³/mol. The Morgan fingerprint density at radius 3 is 2.52 bits per heavy atom. The number of primary amides is 1. The predicted octanol–water partition coefficient (Wildman–Crippen LogP) is 3.59. The van der Waals surface area contributed by atoms with Crippen LogP contribution in [0.25, 0.3) is 11.0 Å². The Hall–Kier alpha value is -2.86. The third kappa shape index (κ3) is 5.06. The van der Waals surface area contributed by atoms with E-state index < -0.39 is 23.3 Å². The number of imidazole rings is 1. The van der Waals surface area contributed by atoms with Gasteiger partial charge in [0.15, 0.2) is 5.69 Å². The number of carbonyl (C=O) groups is 1. The molecular weight excluding hydrogens is 457 g/mol. The van der Waals surface area contributed by atoms with E-state index in [0.29, 0.717) is 24.4 Å². The fourth-order valence-corrected chi connectivity index (χ4v) is 4.11. The van der Waals surface area contributed by atoms with E-state index in [1.165, 1.54) is 18.2 Å². The number of alkyl halides is 3. The summed E-state index contributed by atoms with van der Waals surface area (Å²) >= 11 is 1.52. The zero-order valence-corrected chi connectivity index (χ0v) is 19.3. The Balaban J connectivity index is 0.000000968. The van der Waals surface area contributed by atoms with Gasteiger partial charge in [-0.15, -0.1) is 11.8 Å². The molecule has 12 heteroatoms. The van der Waals surface area contributed by atoms with E-state index in [9.17, 15) is 23.1 Å². The molecule has 1 aromatic carbocycles. The maximum absolute atomic E-state index is 13.3. The first-order valence-corrected chi connectivity index (χ1v) is 11.5. The van der Waals surface area contributed by atoms with Crippen LogP contribution in [0.1, 0.15) is 47.7 Å². The molecule has 3 heterocycles. The SMILES string of the molecule is CCC.CSc1cc2c(cc1CO)nc1n2CCN(c2ncc(C(N)=O)c(C(F)(F)F)n2)C1. The summed E-state index contributed by atoms with van der Waals surface area (Å²) in [5, 5.41) is 9.56. The van der Waals surface area contributed by atoms with Crippen molar-refractivity contribution in [1.29, 1.82) is 0 Å². The summed E-state index contributed by atoms with van der Waals surface area (Å²) in [5.41, 5.74) is 5.28. The molecule has 3 N–H and O–H groups in total. The van der Waals surface area contributed by atoms with Crippen molar-refractivity contribution in [2.45, 2.75) is 51.0 Å². The number of nitrogens with two attached hydrogens (primary N) is 1. The van der Waals surface area contributed by atoms with Crippen molar-refractivity contribution in [2.75, 3.05) is 17.7 Å². The Morgan fingerprint density at radius 1 is 1.24 bits per heavy atom. The highest BCUT2D eigenvalue weighted by molar-refractivity contribution is 7.98. The molecule has 3 aromatic rings. The number of halogens is 3. The molecule has 4 rings (SSSR count). The minimum Gasteiger partial charge on any atom is -0.392 e. The summed E-state index contributed by atoms with van der Waals surface area (Å²) in [5.74, 6) is -0.736. The van der Waals surface area contributed by atoms with E-state index in [1.807, 2.05) is 23.0 Å². The Labute approximate surface area is 193 Å². The van der Waals surface area contributed by atoms with Gasteiger partial charge >= 0.3 is 6.18 Å². The van der Waals surface area contributed by atoms with E-state index in [4.69, 9.17) is 5.73 Å². The van der Waals surface area contributed by atoms with Crippen LogP contribution in [0.15, 0.2) is 23.2 Å². The number of benzene rings is 1. The summed E-state index contributed by atoms with van der Waals surface area (Å²) in [6.07, 6.45) is -0.857. The van der Waals surface area contributed by atoms with Crippen LogP contribution in [0.3, 0.4) is 0 Å². The summed E-state index contributed by atoms with van der Waals surface area (Å²) in [6.45, 7) is 5.17. The minimum atomic E-state index is -4.83. The first-order chi connectivity index (χ1) is 15.6. The van der Waals surface area contributed by atoms with E-state index >= 15 is 0 Å². The lowest BCUT2D eigenvalue weighted by molar-refractivity contribution is -0.141. The quantitative estimate of drug-likeness (QED) is 0.547. The third-order valence-electron chi connectivity index (χ3n) is 4.92. The second kappa shape index (κ2) is 9.96. The topological polar surface area (TPSA) is 110 Å². The molecule has 0 aliphatic carbocycles. The van der Waals surface area contributed by atoms with E-state index in [1.54, 1.807) is 4.90 Å². The van der Waals surface area contributed by atoms with Crippen LogP contribution in [0.4, 0.5) is 19.1 Å². The lowest BCUT2D eigenvalue weighted by atomic mass is 10.2. The number of aliphatic hydroxyl groups is 1. The number of nitrogens with zero attached hydrogens (tertiary/aromatic N) is 5. The van der Waals surface area contributed by atoms with Crippen LogP contribution in [0.5, 0.6) is 0 Å². The van der Waals surface area contributed by atoms with Gasteiger partial charge in [0.25, 0.3) is 5.91 Å². The molecule has 178 valence electrons. The van der Waals surface area contributed by atoms with Crippen LogP contribution in [-0.2, 0) is 25.9 Å². The number of carbonyl (C=O) groups excluding carboxylic acids is 1. The van der Waals surface area contributed by atoms with Gasteiger partial charge in [0, 0.05) is 24.2 Å². The van der Waals surface area contributed by atoms with Gasteiger partial charge in [-0.25, -0.2) is 15.0 Å². The number of rotatable bonds is 4. The maximum atomic E-state index is 13.3. The molecule has 2 aromatic heterocycles. The number of hydrogen-bond acceptors (Lipinski definition) is 7. The van der Waals surface area contributed by atoms with Gasteiger partial charge < -0.3 is 20.3 Å². The monoisotopic (exact) mass is 482 g/mol. The molecule has 8 nitrogen and oxygen atoms in total. The first kappa shape index (κ1) is 24.8. The second-order valence-corrected chi connectivity index (χ2v) is 8.26. The highest BCUT2D eigenvalue weighted by atomic mass is 32.2. The third-order valence-corrected chi connectivity index (χ3v) is 5.74. The molecule has 1 aliphatic heterocycles. The number of hydrogen-bond donors (Lipinski definition) is 2. The highest BCUT2D eigenvalue weighted by Crippen LogP contribution is 2.33. The molecule has 0 spiro atoms. The Bertz CT molecular complexity index is 1170. The smallest absolute Gasteiger partial charge is 0.392 e. The molecule has 0 fully saturated rings. The molecule has 0 radical (unpaired) electrons. The average molecular weight is 483 g/mol. The van der Waals surface area contributed by atoms with E-state index in [0.717, 1.165) is 22.2 Å². The molecule has 33 heavy (non-hydrogen) atoms. The first-order valence-electron chi connectivity index (χ1n) is 10.3. The number of thioether (sulfide) groups is 1. The number of aliphatic hydroxyl groups excluding tert-OH is 1. The van der Waals surface area contributed by atoms with Gasteiger partial charge in [0.2, 0.25) is 5.95 Å². The molecule has 0 atom stereocenters. The number of anilines is 1. The zero-order chi connectivity index (χ0) is 24.3. The standard InChI is InChI=1S/C18H17F3N6O2S.C3H8/c1-30-13-5-12-11(4-9(13)8-28)24-14-7-26(2-3-27(12)14)17-23-6-10(16(22)29)15(25-17)18(19,20)21;1-3-2/h4-6,28H,2-3,7-8H2,1H3,(H2,22,29);3H2,1-2H3. The van der Waals surface area contributed by atoms with Gasteiger partial charge in [0.1, 0.15) is 5.82 Å². The highest BCUT2D eigenvalue weighted by Gasteiger charge is 2.38. The molecule has 0 unspecified atom stereocenters. The molecule has 0 saturated carbocycles. The summed E-state index contributed by atoms with van der Waals surface area (Å²) in [7, 11) is 0. The Kier molecular flexibility index (Phi) is 7.48. The van der Waals surface area contributed by atoms with Crippen LogP contribution >= 0.6 is 11.8 Å². The lowest BCUT2D eigenvalue weighted by Gasteiger charge is -2.28. The fraction of sp³-hybridized carbons (Fsp3) is 0.429. The van der Waals surface area contributed by atoms with Crippen molar-refractivity contribution in [3.05, 3.63) is 41.0 Å². The molecular formula is C21H25F3N6O2S. The second-order valence-electron chi connectivity index (χ2n) is 7.41. The summed E-state index contributed by atoms with van der Waals surface area (Å²) < 4.78 is 42.0. The number of fused-ring (bicyclic) bond motifs is 3. The molecule has 1 amide bonds. The lowest BCUT2D eigenvalue weighted by Crippen LogP contribution is -2.35. The van der Waals surface area contributed by atoms with Crippen molar-refractivity contribution in [2.24, 2.45) is 5.73 Å². The summed E-state index contributed by atoms with van der Waals surface area (Å²) in [4.78, 5) is 25.9. The van der Waals surface area contributed by atoms with Gasteiger partial charge in [-0.05, 0) is 24.0 Å². The normalized spacial score (nSPS) is 13.5. The van der Waals surface area contributed by atoms with Gasteiger partial charge in [-0.2, -0.15) is 13.2 Å². The number of amides is 1. The van der Waals surface area contributed by atoms with Crippen LogP contribution < -0.4 is 10.6 Å². The van der Waals surface area contributed by atoms with Crippen LogP contribution in [0, 0.1) is 0 Å². The average Bonchev–Trinajstić information content (AvgIpc) is 3.14. The molecule has 0 bridgehead atoms. The maximum Gasteiger partial charge on any atom is 0.434 e. The molecule has 1 aliphatic rings. The molecule has 0 saturated heterocycles. The van der Waals surface area contributed by atoms with Crippen LogP contribution in [0.2, 0.25) is 0 Å².